The second kappa shape index (κ2) is 11.8. The van der Waals surface area contributed by atoms with Crippen LogP contribution in [0.4, 0.5) is 0 Å². The molecule has 2 aliphatic carbocycles. The zero-order valence-corrected chi connectivity index (χ0v) is 28.1. The molecule has 0 amide bonds. The van der Waals surface area contributed by atoms with Gasteiger partial charge in [-0.1, -0.05) is 133 Å². The van der Waals surface area contributed by atoms with Crippen LogP contribution in [0.5, 0.6) is 0 Å². The van der Waals surface area contributed by atoms with Crippen LogP contribution in [-0.4, -0.2) is 5.71 Å². The molecule has 7 aromatic rings. The van der Waals surface area contributed by atoms with Crippen LogP contribution in [-0.2, 0) is 0 Å². The van der Waals surface area contributed by atoms with E-state index in [0.29, 0.717) is 5.71 Å². The van der Waals surface area contributed by atoms with Gasteiger partial charge in [0.05, 0.1) is 11.4 Å². The molecule has 0 bridgehead atoms. The lowest BCUT2D eigenvalue weighted by Crippen LogP contribution is -2.23. The molecule has 0 saturated carbocycles. The van der Waals surface area contributed by atoms with E-state index in [1.165, 1.54) is 70.9 Å². The molecule has 0 radical (unpaired) electrons. The van der Waals surface area contributed by atoms with Gasteiger partial charge >= 0.3 is 0 Å². The summed E-state index contributed by atoms with van der Waals surface area (Å²) in [7, 11) is 0. The minimum Gasteiger partial charge on any atom is -0.354 e. The van der Waals surface area contributed by atoms with Gasteiger partial charge in [0.1, 0.15) is 0 Å². The van der Waals surface area contributed by atoms with Gasteiger partial charge in [0.15, 0.2) is 0 Å². The van der Waals surface area contributed by atoms with Gasteiger partial charge in [-0.05, 0) is 126 Å². The molecule has 3 aliphatic rings. The third kappa shape index (κ3) is 4.91. The minimum absolute atomic E-state index is 0.511. The highest BCUT2D eigenvalue weighted by atomic mass is 14.9. The first-order valence-corrected chi connectivity index (χ1v) is 17.7. The molecule has 2 N–H and O–H groups in total. The standard InChI is InChI=1S/C49H34N2/c50-45-19-9-8-18-42(45)49-43(30-36-15-5-10-20-46(36)51-49)35-25-26-41-44(29-35)48(38-24-22-32-12-2-4-14-34(32)28-38)40-17-7-6-16-39(40)47(41)37-23-21-31-11-1-3-13-33(31)27-37/h1-4,6-14,16-30,50-51H,5,15H2/b49-42-,50-45?. The van der Waals surface area contributed by atoms with Crippen molar-refractivity contribution in [3.05, 3.63) is 198 Å². The minimum atomic E-state index is 0.511. The molecule has 0 fully saturated rings. The maximum absolute atomic E-state index is 8.88. The number of hydrogen-bond acceptors (Lipinski definition) is 2. The zero-order valence-electron chi connectivity index (χ0n) is 28.1. The molecule has 2 nitrogen and oxygen atoms in total. The van der Waals surface area contributed by atoms with Gasteiger partial charge in [0.25, 0.3) is 0 Å². The lowest BCUT2D eigenvalue weighted by Gasteiger charge is -2.28. The van der Waals surface area contributed by atoms with Crippen LogP contribution in [0.15, 0.2) is 192 Å². The predicted octanol–water partition coefficient (Wildman–Crippen LogP) is 12.6. The van der Waals surface area contributed by atoms with Gasteiger partial charge in [-0.3, -0.25) is 0 Å². The fourth-order valence-corrected chi connectivity index (χ4v) is 8.20. The Labute approximate surface area is 297 Å². The van der Waals surface area contributed by atoms with Crippen LogP contribution < -0.4 is 5.32 Å². The third-order valence-electron chi connectivity index (χ3n) is 10.7. The summed E-state index contributed by atoms with van der Waals surface area (Å²) in [4.78, 5) is 0. The molecule has 0 aromatic heterocycles. The number of nitrogens with one attached hydrogen (secondary N) is 2. The lowest BCUT2D eigenvalue weighted by atomic mass is 9.82. The Kier molecular flexibility index (Phi) is 6.82. The number of fused-ring (bicyclic) bond motifs is 4. The van der Waals surface area contributed by atoms with Crippen molar-refractivity contribution in [1.29, 1.82) is 5.41 Å². The van der Waals surface area contributed by atoms with E-state index in [1.54, 1.807) is 0 Å². The normalized spacial score (nSPS) is 17.0. The van der Waals surface area contributed by atoms with Crippen LogP contribution in [0.3, 0.4) is 0 Å². The Morgan fingerprint density at radius 2 is 1.10 bits per heavy atom. The molecule has 10 rings (SSSR count). The Hall–Kier alpha value is -6.51. The molecular formula is C49H34N2. The van der Waals surface area contributed by atoms with Gasteiger partial charge in [0, 0.05) is 16.8 Å². The van der Waals surface area contributed by atoms with Gasteiger partial charge < -0.3 is 10.7 Å². The van der Waals surface area contributed by atoms with Crippen molar-refractivity contribution in [3.63, 3.8) is 0 Å². The molecular weight excluding hydrogens is 617 g/mol. The average Bonchev–Trinajstić information content (AvgIpc) is 3.19. The lowest BCUT2D eigenvalue weighted by molar-refractivity contribution is 0.897. The van der Waals surface area contributed by atoms with Crippen LogP contribution in [0, 0.1) is 5.41 Å². The van der Waals surface area contributed by atoms with E-state index in [2.05, 4.69) is 157 Å². The second-order valence-electron chi connectivity index (χ2n) is 13.7. The second-order valence-corrected chi connectivity index (χ2v) is 13.7. The van der Waals surface area contributed by atoms with E-state index in [1.807, 2.05) is 18.2 Å². The summed E-state index contributed by atoms with van der Waals surface area (Å²) < 4.78 is 0. The van der Waals surface area contributed by atoms with Gasteiger partial charge in [-0.2, -0.15) is 0 Å². The smallest absolute Gasteiger partial charge is 0.0633 e. The molecule has 0 saturated heterocycles. The monoisotopic (exact) mass is 650 g/mol. The Balaban J connectivity index is 1.30. The van der Waals surface area contributed by atoms with E-state index in [9.17, 15) is 0 Å². The summed E-state index contributed by atoms with van der Waals surface area (Å²) in [5.41, 5.74) is 12.0. The third-order valence-corrected chi connectivity index (χ3v) is 10.7. The van der Waals surface area contributed by atoms with Crippen LogP contribution in [0.1, 0.15) is 18.4 Å². The predicted molar refractivity (Wildman–Crippen MR) is 217 cm³/mol. The number of hydrogen-bond donors (Lipinski definition) is 2. The molecule has 1 aliphatic heterocycles. The molecule has 2 heteroatoms. The van der Waals surface area contributed by atoms with Crippen molar-refractivity contribution >= 4 is 54.4 Å². The topological polar surface area (TPSA) is 35.9 Å². The summed E-state index contributed by atoms with van der Waals surface area (Å²) in [6.07, 6.45) is 16.7. The average molecular weight is 651 g/mol. The van der Waals surface area contributed by atoms with Gasteiger partial charge in [-0.15, -0.1) is 0 Å². The van der Waals surface area contributed by atoms with Gasteiger partial charge in [-0.25, -0.2) is 0 Å². The first-order chi connectivity index (χ1) is 25.2. The van der Waals surface area contributed by atoms with Gasteiger partial charge in [0.2, 0.25) is 0 Å². The Morgan fingerprint density at radius 3 is 1.78 bits per heavy atom. The number of dihydropyridines is 1. The molecule has 7 aromatic carbocycles. The van der Waals surface area contributed by atoms with Crippen LogP contribution in [0.2, 0.25) is 0 Å². The Bertz CT molecular complexity index is 2830. The summed E-state index contributed by atoms with van der Waals surface area (Å²) in [5.74, 6) is 0. The first kappa shape index (κ1) is 29.4. The largest absolute Gasteiger partial charge is 0.354 e. The number of allylic oxidation sites excluding steroid dienone is 10. The summed E-state index contributed by atoms with van der Waals surface area (Å²) >= 11 is 0. The summed E-state index contributed by atoms with van der Waals surface area (Å²) in [6, 6.07) is 46.9. The molecule has 51 heavy (non-hydrogen) atoms. The molecule has 1 heterocycles. The van der Waals surface area contributed by atoms with E-state index in [-0.39, 0.29) is 0 Å². The quantitative estimate of drug-likeness (QED) is 0.183. The highest BCUT2D eigenvalue weighted by molar-refractivity contribution is 6.22. The fourth-order valence-electron chi connectivity index (χ4n) is 8.20. The van der Waals surface area contributed by atoms with Crippen molar-refractivity contribution in [2.24, 2.45) is 0 Å². The van der Waals surface area contributed by atoms with Crippen LogP contribution >= 0.6 is 0 Å². The highest BCUT2D eigenvalue weighted by Crippen LogP contribution is 2.46. The number of benzene rings is 7. The van der Waals surface area contributed by atoms with Crippen molar-refractivity contribution in [2.75, 3.05) is 0 Å². The molecule has 0 atom stereocenters. The Morgan fingerprint density at radius 1 is 0.510 bits per heavy atom. The van der Waals surface area contributed by atoms with E-state index in [4.69, 9.17) is 5.41 Å². The zero-order chi connectivity index (χ0) is 33.9. The van der Waals surface area contributed by atoms with Crippen molar-refractivity contribution in [3.8, 4) is 22.3 Å². The molecule has 240 valence electrons. The molecule has 0 unspecified atom stereocenters. The number of rotatable bonds is 3. The van der Waals surface area contributed by atoms with E-state index >= 15 is 0 Å². The van der Waals surface area contributed by atoms with E-state index in [0.717, 1.165) is 40.9 Å². The summed E-state index contributed by atoms with van der Waals surface area (Å²) in [6.45, 7) is 0. The van der Waals surface area contributed by atoms with Crippen molar-refractivity contribution in [1.82, 2.24) is 5.32 Å². The SMILES string of the molecule is N=C1C=CC=C/C1=C1/NC2=C(C=C1c1ccc3c(-c4ccc5ccccc5c4)c4ccccc4c(-c4ccc5ccccc5c4)c3c1)CCC=C2. The van der Waals surface area contributed by atoms with Crippen LogP contribution in [0.25, 0.3) is 70.9 Å². The van der Waals surface area contributed by atoms with Crippen molar-refractivity contribution in [2.45, 2.75) is 12.8 Å². The molecule has 0 spiro atoms. The summed E-state index contributed by atoms with van der Waals surface area (Å²) in [5, 5.41) is 22.5. The maximum Gasteiger partial charge on any atom is 0.0633 e. The van der Waals surface area contributed by atoms with Crippen molar-refractivity contribution < 1.29 is 0 Å². The highest BCUT2D eigenvalue weighted by Gasteiger charge is 2.25. The first-order valence-electron chi connectivity index (χ1n) is 17.7. The maximum atomic E-state index is 8.88. The fraction of sp³-hybridized carbons (Fsp3) is 0.0408. The van der Waals surface area contributed by atoms with E-state index < -0.39 is 0 Å².